The molecule has 2 heterocycles. The van der Waals surface area contributed by atoms with Gasteiger partial charge in [0, 0.05) is 0 Å². The Balaban J connectivity index is 1.54. The van der Waals surface area contributed by atoms with Crippen LogP contribution < -0.4 is 4.74 Å². The number of carbonyl (C=O) groups excluding carboxylic acids is 1. The van der Waals surface area contributed by atoms with Gasteiger partial charge >= 0.3 is 12.0 Å². The molecule has 1 saturated heterocycles. The molecule has 0 bridgehead atoms. The minimum atomic E-state index is -0.654. The number of ether oxygens (including phenoxy) is 2. The van der Waals surface area contributed by atoms with Crippen LogP contribution in [0, 0.1) is 10.1 Å². The fourth-order valence-electron chi connectivity index (χ4n) is 2.03. The van der Waals surface area contributed by atoms with Crippen LogP contribution in [-0.4, -0.2) is 41.5 Å². The van der Waals surface area contributed by atoms with Gasteiger partial charge in [-0.25, -0.2) is 4.79 Å². The maximum absolute atomic E-state index is 11.7. The van der Waals surface area contributed by atoms with Crippen molar-refractivity contribution in [3.8, 4) is 5.75 Å². The number of carbonyl (C=O) groups is 1. The summed E-state index contributed by atoms with van der Waals surface area (Å²) >= 11 is 0. The average molecular weight is 331 g/mol. The van der Waals surface area contributed by atoms with E-state index in [1.807, 2.05) is 18.2 Å². The van der Waals surface area contributed by atoms with Crippen molar-refractivity contribution in [1.29, 1.82) is 0 Å². The lowest BCUT2D eigenvalue weighted by Gasteiger charge is -2.09. The van der Waals surface area contributed by atoms with E-state index in [0.29, 0.717) is 5.75 Å². The standard InChI is InChI=1S/C15H13N3O6/c19-15-17(16-8-12-6-7-14(23-12)18(20)21)9-13(24-15)10-22-11-4-2-1-3-5-11/h1-8,13H,9-10H2/b16-8-/t13-/m0/s1. The number of hydrazone groups is 1. The number of hydrogen-bond acceptors (Lipinski definition) is 7. The molecule has 1 aliphatic heterocycles. The highest BCUT2D eigenvalue weighted by atomic mass is 16.6. The number of nitro groups is 1. The Kier molecular flexibility index (Phi) is 4.41. The van der Waals surface area contributed by atoms with Crippen LogP contribution in [0.25, 0.3) is 0 Å². The Hall–Kier alpha value is -3.36. The molecule has 1 aromatic heterocycles. The molecule has 1 aromatic carbocycles. The van der Waals surface area contributed by atoms with E-state index in [0.717, 1.165) is 5.01 Å². The summed E-state index contributed by atoms with van der Waals surface area (Å²) in [4.78, 5) is 21.6. The van der Waals surface area contributed by atoms with Crippen molar-refractivity contribution in [2.24, 2.45) is 5.10 Å². The van der Waals surface area contributed by atoms with Crippen molar-refractivity contribution in [1.82, 2.24) is 5.01 Å². The van der Waals surface area contributed by atoms with Crippen molar-refractivity contribution in [2.75, 3.05) is 13.2 Å². The van der Waals surface area contributed by atoms with E-state index in [1.165, 1.54) is 18.3 Å². The van der Waals surface area contributed by atoms with Crippen LogP contribution in [0.2, 0.25) is 0 Å². The number of hydrogen-bond donors (Lipinski definition) is 0. The topological polar surface area (TPSA) is 107 Å². The van der Waals surface area contributed by atoms with Crippen LogP contribution in [0.3, 0.4) is 0 Å². The normalized spacial score (nSPS) is 17.2. The van der Waals surface area contributed by atoms with Crippen LogP contribution in [0.4, 0.5) is 10.7 Å². The van der Waals surface area contributed by atoms with E-state index in [-0.39, 0.29) is 18.9 Å². The minimum Gasteiger partial charge on any atom is -0.490 e. The summed E-state index contributed by atoms with van der Waals surface area (Å²) in [6, 6.07) is 11.8. The zero-order chi connectivity index (χ0) is 16.9. The van der Waals surface area contributed by atoms with Crippen molar-refractivity contribution in [3.63, 3.8) is 0 Å². The average Bonchev–Trinajstić information content (AvgIpc) is 3.19. The van der Waals surface area contributed by atoms with Crippen molar-refractivity contribution in [3.05, 3.63) is 58.3 Å². The van der Waals surface area contributed by atoms with Crippen molar-refractivity contribution >= 4 is 18.2 Å². The van der Waals surface area contributed by atoms with Gasteiger partial charge in [0.2, 0.25) is 0 Å². The van der Waals surface area contributed by atoms with Gasteiger partial charge in [0.15, 0.2) is 11.9 Å². The third-order valence-corrected chi connectivity index (χ3v) is 3.15. The highest BCUT2D eigenvalue weighted by Crippen LogP contribution is 2.17. The molecule has 1 atom stereocenters. The molecular formula is C15H13N3O6. The van der Waals surface area contributed by atoms with E-state index in [4.69, 9.17) is 13.9 Å². The number of benzene rings is 1. The largest absolute Gasteiger partial charge is 0.490 e. The molecular weight excluding hydrogens is 318 g/mol. The number of amides is 1. The Morgan fingerprint density at radius 1 is 1.33 bits per heavy atom. The second-order valence-electron chi connectivity index (χ2n) is 4.89. The maximum Gasteiger partial charge on any atom is 0.433 e. The van der Waals surface area contributed by atoms with Crippen LogP contribution in [-0.2, 0) is 4.74 Å². The van der Waals surface area contributed by atoms with Gasteiger partial charge in [0.05, 0.1) is 18.8 Å². The molecule has 9 heteroatoms. The molecule has 1 fully saturated rings. The zero-order valence-corrected chi connectivity index (χ0v) is 12.4. The predicted octanol–water partition coefficient (Wildman–Crippen LogP) is 2.42. The molecule has 0 saturated carbocycles. The number of nitrogens with zero attached hydrogens (tertiary/aromatic N) is 3. The van der Waals surface area contributed by atoms with Gasteiger partial charge < -0.3 is 13.9 Å². The highest BCUT2D eigenvalue weighted by Gasteiger charge is 2.31. The van der Waals surface area contributed by atoms with Gasteiger partial charge in [-0.2, -0.15) is 10.1 Å². The fraction of sp³-hybridized carbons (Fsp3) is 0.200. The molecule has 24 heavy (non-hydrogen) atoms. The predicted molar refractivity (Wildman–Crippen MR) is 81.9 cm³/mol. The van der Waals surface area contributed by atoms with Gasteiger partial charge in [-0.3, -0.25) is 10.1 Å². The van der Waals surface area contributed by atoms with E-state index in [1.54, 1.807) is 12.1 Å². The van der Waals surface area contributed by atoms with Crippen LogP contribution in [0.15, 0.2) is 52.0 Å². The SMILES string of the molecule is O=C1O[C@H](COc2ccccc2)CN1/N=C\c1ccc([N+](=O)[O-])o1. The van der Waals surface area contributed by atoms with E-state index < -0.39 is 23.0 Å². The molecule has 1 amide bonds. The zero-order valence-electron chi connectivity index (χ0n) is 12.4. The molecule has 2 aromatic rings. The van der Waals surface area contributed by atoms with E-state index in [2.05, 4.69) is 5.10 Å². The summed E-state index contributed by atoms with van der Waals surface area (Å²) in [5, 5.41) is 15.5. The molecule has 0 spiro atoms. The molecule has 3 rings (SSSR count). The lowest BCUT2D eigenvalue weighted by molar-refractivity contribution is -0.402. The molecule has 1 aliphatic rings. The minimum absolute atomic E-state index is 0.165. The maximum atomic E-state index is 11.7. The van der Waals surface area contributed by atoms with Gasteiger partial charge in [-0.05, 0) is 18.2 Å². The van der Waals surface area contributed by atoms with Gasteiger partial charge in [0.1, 0.15) is 17.3 Å². The third kappa shape index (κ3) is 3.69. The summed E-state index contributed by atoms with van der Waals surface area (Å²) in [6.45, 7) is 0.416. The van der Waals surface area contributed by atoms with E-state index >= 15 is 0 Å². The van der Waals surface area contributed by atoms with Gasteiger partial charge in [-0.15, -0.1) is 0 Å². The second kappa shape index (κ2) is 6.82. The first-order valence-electron chi connectivity index (χ1n) is 7.06. The fourth-order valence-corrected chi connectivity index (χ4v) is 2.03. The summed E-state index contributed by atoms with van der Waals surface area (Å²) in [5.74, 6) is 0.450. The number of cyclic esters (lactones) is 1. The first kappa shape index (κ1) is 15.5. The highest BCUT2D eigenvalue weighted by molar-refractivity contribution is 5.78. The van der Waals surface area contributed by atoms with Crippen LogP contribution >= 0.6 is 0 Å². The first-order valence-corrected chi connectivity index (χ1v) is 7.06. The van der Waals surface area contributed by atoms with E-state index in [9.17, 15) is 14.9 Å². The lowest BCUT2D eigenvalue weighted by Crippen LogP contribution is -2.23. The Labute approximate surface area is 136 Å². The van der Waals surface area contributed by atoms with Gasteiger partial charge in [0.25, 0.3) is 0 Å². The number of rotatable bonds is 6. The quantitative estimate of drug-likeness (QED) is 0.457. The second-order valence-corrected chi connectivity index (χ2v) is 4.89. The van der Waals surface area contributed by atoms with Crippen molar-refractivity contribution < 1.29 is 23.6 Å². The Morgan fingerprint density at radius 2 is 2.12 bits per heavy atom. The molecule has 0 aliphatic carbocycles. The smallest absolute Gasteiger partial charge is 0.433 e. The number of furan rings is 1. The summed E-state index contributed by atoms with van der Waals surface area (Å²) in [5.41, 5.74) is 0. The Bertz CT molecular complexity index is 758. The molecule has 124 valence electrons. The Morgan fingerprint density at radius 3 is 2.83 bits per heavy atom. The first-order chi connectivity index (χ1) is 11.6. The molecule has 0 unspecified atom stereocenters. The summed E-state index contributed by atoms with van der Waals surface area (Å²) in [6.07, 6.45) is 0.143. The lowest BCUT2D eigenvalue weighted by atomic mass is 10.3. The van der Waals surface area contributed by atoms with Crippen LogP contribution in [0.5, 0.6) is 5.75 Å². The molecule has 0 radical (unpaired) electrons. The monoisotopic (exact) mass is 331 g/mol. The summed E-state index contributed by atoms with van der Waals surface area (Å²) < 4.78 is 15.6. The molecule has 0 N–H and O–H groups in total. The van der Waals surface area contributed by atoms with Crippen LogP contribution in [0.1, 0.15) is 5.76 Å². The third-order valence-electron chi connectivity index (χ3n) is 3.15. The van der Waals surface area contributed by atoms with Gasteiger partial charge in [-0.1, -0.05) is 18.2 Å². The van der Waals surface area contributed by atoms with Crippen molar-refractivity contribution in [2.45, 2.75) is 6.10 Å². The number of para-hydroxylation sites is 1. The molecule has 9 nitrogen and oxygen atoms in total. The summed E-state index contributed by atoms with van der Waals surface area (Å²) in [7, 11) is 0.